The Morgan fingerprint density at radius 3 is 2.22 bits per heavy atom. The van der Waals surface area contributed by atoms with Gasteiger partial charge in [0.1, 0.15) is 0 Å². The van der Waals surface area contributed by atoms with Gasteiger partial charge in [0.15, 0.2) is 16.5 Å². The molecule has 182 valence electrons. The van der Waals surface area contributed by atoms with Crippen molar-refractivity contribution in [2.24, 2.45) is 0 Å². The van der Waals surface area contributed by atoms with E-state index < -0.39 is 18.1 Å². The number of amides is 1. The predicted octanol–water partition coefficient (Wildman–Crippen LogP) is 6.87. The molecular weight excluding hydrogens is 509 g/mol. The van der Waals surface area contributed by atoms with E-state index in [4.69, 9.17) is 4.74 Å². The molecule has 4 aromatic rings. The lowest BCUT2D eigenvalue weighted by Gasteiger charge is -2.44. The number of fused-ring (bicyclic) bond motifs is 1. The standard InChI is InChI=1S/C28H24N2O3S3/c1-18(2)25(27(32)33-26(19-11-5-3-6-12-19)20-13-7-4-8-14-20)30-23(31)17-24(30)35-36-28-29-21-15-9-10-16-22(21)34-28/h3-16,24-26H,1,17H2,2H3/t24?,25-/m1/s1. The van der Waals surface area contributed by atoms with E-state index in [0.717, 1.165) is 25.7 Å². The highest BCUT2D eigenvalue weighted by Crippen LogP contribution is 2.45. The zero-order valence-corrected chi connectivity index (χ0v) is 22.0. The molecule has 1 aliphatic rings. The number of β-lactam (4-membered cyclic amide) rings is 1. The number of para-hydroxylation sites is 1. The van der Waals surface area contributed by atoms with Gasteiger partial charge in [-0.15, -0.1) is 11.3 Å². The Morgan fingerprint density at radius 2 is 1.64 bits per heavy atom. The lowest BCUT2D eigenvalue weighted by molar-refractivity contribution is -0.162. The lowest BCUT2D eigenvalue weighted by Crippen LogP contribution is -2.59. The minimum atomic E-state index is -0.852. The highest BCUT2D eigenvalue weighted by Gasteiger charge is 2.46. The van der Waals surface area contributed by atoms with Gasteiger partial charge in [-0.3, -0.25) is 4.79 Å². The van der Waals surface area contributed by atoms with Crippen molar-refractivity contribution in [3.63, 3.8) is 0 Å². The average Bonchev–Trinajstić information content (AvgIpc) is 3.31. The first-order valence-corrected chi connectivity index (χ1v) is 14.5. The van der Waals surface area contributed by atoms with Crippen LogP contribution in [0, 0.1) is 0 Å². The van der Waals surface area contributed by atoms with Gasteiger partial charge in [-0.05, 0) is 46.6 Å². The zero-order chi connectivity index (χ0) is 25.1. The molecule has 0 bridgehead atoms. The van der Waals surface area contributed by atoms with Crippen LogP contribution < -0.4 is 0 Å². The van der Waals surface area contributed by atoms with E-state index in [1.165, 1.54) is 21.6 Å². The van der Waals surface area contributed by atoms with E-state index in [2.05, 4.69) is 11.6 Å². The molecule has 0 radical (unpaired) electrons. The number of thiazole rings is 1. The van der Waals surface area contributed by atoms with Crippen LogP contribution in [0.5, 0.6) is 0 Å². The predicted molar refractivity (Wildman–Crippen MR) is 148 cm³/mol. The number of esters is 1. The molecule has 0 aliphatic carbocycles. The smallest absolute Gasteiger partial charge is 0.334 e. The molecule has 1 saturated heterocycles. The molecular formula is C28H24N2O3S3. The van der Waals surface area contributed by atoms with Gasteiger partial charge in [-0.2, -0.15) is 0 Å². The summed E-state index contributed by atoms with van der Waals surface area (Å²) in [5, 5.41) is -0.171. The number of likely N-dealkylation sites (tertiary alicyclic amines) is 1. The third kappa shape index (κ3) is 5.21. The SMILES string of the molecule is C=C(C)[C@H](C(=O)OC(c1ccccc1)c1ccccc1)N1C(=O)CC1SSc1nc2ccccc2s1. The van der Waals surface area contributed by atoms with Gasteiger partial charge in [-0.25, -0.2) is 9.78 Å². The minimum Gasteiger partial charge on any atom is -0.451 e. The van der Waals surface area contributed by atoms with Crippen molar-refractivity contribution in [1.82, 2.24) is 9.88 Å². The highest BCUT2D eigenvalue weighted by atomic mass is 33.1. The quantitative estimate of drug-likeness (QED) is 0.101. The van der Waals surface area contributed by atoms with Crippen molar-refractivity contribution in [3.05, 3.63) is 108 Å². The van der Waals surface area contributed by atoms with Crippen molar-refractivity contribution in [2.75, 3.05) is 0 Å². The van der Waals surface area contributed by atoms with Crippen LogP contribution in [0.2, 0.25) is 0 Å². The topological polar surface area (TPSA) is 59.5 Å². The Bertz CT molecular complexity index is 1320. The Balaban J connectivity index is 1.33. The van der Waals surface area contributed by atoms with Gasteiger partial charge < -0.3 is 9.64 Å². The molecule has 8 heteroatoms. The Labute approximate surface area is 222 Å². The Morgan fingerprint density at radius 1 is 1.03 bits per heavy atom. The third-order valence-corrected chi connectivity index (χ3v) is 9.88. The molecule has 0 N–H and O–H groups in total. The molecule has 0 spiro atoms. The van der Waals surface area contributed by atoms with Gasteiger partial charge >= 0.3 is 5.97 Å². The first kappa shape index (κ1) is 24.6. The fourth-order valence-corrected chi connectivity index (χ4v) is 7.90. The first-order valence-electron chi connectivity index (χ1n) is 11.5. The summed E-state index contributed by atoms with van der Waals surface area (Å²) in [5.41, 5.74) is 3.27. The summed E-state index contributed by atoms with van der Waals surface area (Å²) >= 11 is 1.62. The summed E-state index contributed by atoms with van der Waals surface area (Å²) in [7, 11) is 3.07. The second-order valence-corrected chi connectivity index (χ2v) is 12.1. The van der Waals surface area contributed by atoms with Gasteiger partial charge in [0.05, 0.1) is 22.0 Å². The molecule has 1 fully saturated rings. The normalized spacial score (nSPS) is 16.1. The van der Waals surface area contributed by atoms with Crippen LogP contribution >= 0.6 is 32.9 Å². The van der Waals surface area contributed by atoms with Crippen molar-refractivity contribution in [3.8, 4) is 0 Å². The number of rotatable bonds is 9. The number of aromatic nitrogens is 1. The number of hydrogen-bond donors (Lipinski definition) is 0. The second-order valence-electron chi connectivity index (χ2n) is 8.47. The van der Waals surface area contributed by atoms with Crippen LogP contribution in [0.3, 0.4) is 0 Å². The monoisotopic (exact) mass is 532 g/mol. The largest absolute Gasteiger partial charge is 0.451 e. The van der Waals surface area contributed by atoms with Crippen molar-refractivity contribution in [2.45, 2.75) is 35.2 Å². The lowest BCUT2D eigenvalue weighted by atomic mass is 10.00. The highest BCUT2D eigenvalue weighted by molar-refractivity contribution is 8.77. The molecule has 2 atom stereocenters. The van der Waals surface area contributed by atoms with E-state index in [-0.39, 0.29) is 11.3 Å². The molecule has 1 unspecified atom stereocenters. The molecule has 1 aliphatic heterocycles. The van der Waals surface area contributed by atoms with Crippen LogP contribution in [0.15, 0.2) is 101 Å². The van der Waals surface area contributed by atoms with Crippen molar-refractivity contribution < 1.29 is 14.3 Å². The van der Waals surface area contributed by atoms with E-state index >= 15 is 0 Å². The van der Waals surface area contributed by atoms with Crippen molar-refractivity contribution in [1.29, 1.82) is 0 Å². The van der Waals surface area contributed by atoms with E-state index in [1.54, 1.807) is 23.2 Å². The first-order chi connectivity index (χ1) is 17.5. The van der Waals surface area contributed by atoms with Gasteiger partial charge in [0.25, 0.3) is 0 Å². The summed E-state index contributed by atoms with van der Waals surface area (Å²) in [4.78, 5) is 32.5. The number of carbonyl (C=O) groups excluding carboxylic acids is 2. The number of carbonyl (C=O) groups is 2. The Kier molecular flexibility index (Phi) is 7.46. The molecule has 5 rings (SSSR count). The molecule has 2 heterocycles. The fraction of sp³-hybridized carbons (Fsp3) is 0.179. The third-order valence-electron chi connectivity index (χ3n) is 5.86. The minimum absolute atomic E-state index is 0.0849. The van der Waals surface area contributed by atoms with Crippen molar-refractivity contribution >= 4 is 55.0 Å². The van der Waals surface area contributed by atoms with Crippen LogP contribution in [0.1, 0.15) is 30.6 Å². The van der Waals surface area contributed by atoms with Crippen LogP contribution in [-0.4, -0.2) is 33.2 Å². The van der Waals surface area contributed by atoms with E-state index in [9.17, 15) is 9.59 Å². The maximum atomic E-state index is 13.6. The van der Waals surface area contributed by atoms with Gasteiger partial charge in [-0.1, -0.05) is 90.2 Å². The van der Waals surface area contributed by atoms with E-state index in [0.29, 0.717) is 12.0 Å². The summed E-state index contributed by atoms with van der Waals surface area (Å²) in [6, 6.07) is 26.4. The molecule has 1 amide bonds. The molecule has 5 nitrogen and oxygen atoms in total. The summed E-state index contributed by atoms with van der Waals surface area (Å²) in [6.45, 7) is 5.79. The molecule has 0 saturated carbocycles. The molecule has 36 heavy (non-hydrogen) atoms. The number of nitrogens with zero attached hydrogens (tertiary/aromatic N) is 2. The second kappa shape index (κ2) is 10.9. The number of ether oxygens (including phenoxy) is 1. The van der Waals surface area contributed by atoms with E-state index in [1.807, 2.05) is 84.9 Å². The molecule has 1 aromatic heterocycles. The number of benzene rings is 3. The van der Waals surface area contributed by atoms with Gasteiger partial charge in [0.2, 0.25) is 5.91 Å². The zero-order valence-electron chi connectivity index (χ0n) is 19.6. The summed E-state index contributed by atoms with van der Waals surface area (Å²) in [5.74, 6) is -0.567. The summed E-state index contributed by atoms with van der Waals surface area (Å²) in [6.07, 6.45) is -0.221. The van der Waals surface area contributed by atoms with Crippen LogP contribution in [0.4, 0.5) is 0 Å². The van der Waals surface area contributed by atoms with Crippen LogP contribution in [0.25, 0.3) is 10.2 Å². The maximum absolute atomic E-state index is 13.6. The molecule has 3 aromatic carbocycles. The van der Waals surface area contributed by atoms with Gasteiger partial charge in [0, 0.05) is 0 Å². The number of hydrogen-bond acceptors (Lipinski definition) is 7. The summed E-state index contributed by atoms with van der Waals surface area (Å²) < 4.78 is 8.13. The fourth-order valence-electron chi connectivity index (χ4n) is 4.09. The van der Waals surface area contributed by atoms with Crippen LogP contribution in [-0.2, 0) is 14.3 Å². The average molecular weight is 533 g/mol. The Hall–Kier alpha value is -3.07. The maximum Gasteiger partial charge on any atom is 0.334 e.